The average Bonchev–Trinajstić information content (AvgIpc) is 2.61. The quantitative estimate of drug-likeness (QED) is 0.730. The largest absolute Gasteiger partial charge is 0.495 e. The van der Waals surface area contributed by atoms with Crippen LogP contribution in [0, 0.1) is 0 Å². The molecule has 0 atom stereocenters. The highest BCUT2D eigenvalue weighted by atomic mass is 35.5. The zero-order valence-corrected chi connectivity index (χ0v) is 14.9. The summed E-state index contributed by atoms with van der Waals surface area (Å²) in [6.07, 6.45) is 1.75. The Balaban J connectivity index is 2.23. The Morgan fingerprint density at radius 3 is 2.25 bits per heavy atom. The molecule has 0 saturated carbocycles. The summed E-state index contributed by atoms with van der Waals surface area (Å²) < 4.78 is 10.6. The predicted octanol–water partition coefficient (Wildman–Crippen LogP) is 4.66. The SMILES string of the molecule is CNc1ncc2cc(-c3c(Cl)c(OC)cc(OC)c3Cl)ccc2n1. The fourth-order valence-corrected chi connectivity index (χ4v) is 3.17. The van der Waals surface area contributed by atoms with Gasteiger partial charge in [-0.15, -0.1) is 0 Å². The third kappa shape index (κ3) is 2.81. The van der Waals surface area contributed by atoms with E-state index in [2.05, 4.69) is 15.3 Å². The molecule has 0 saturated heterocycles. The Labute approximate surface area is 149 Å². The van der Waals surface area contributed by atoms with E-state index in [9.17, 15) is 0 Å². The van der Waals surface area contributed by atoms with Crippen LogP contribution in [0.5, 0.6) is 11.5 Å². The van der Waals surface area contributed by atoms with Gasteiger partial charge >= 0.3 is 0 Å². The van der Waals surface area contributed by atoms with Crippen molar-refractivity contribution in [3.05, 3.63) is 40.5 Å². The normalized spacial score (nSPS) is 10.7. The van der Waals surface area contributed by atoms with Gasteiger partial charge in [-0.2, -0.15) is 0 Å². The predicted molar refractivity (Wildman–Crippen MR) is 97.6 cm³/mol. The van der Waals surface area contributed by atoms with E-state index in [-0.39, 0.29) is 0 Å². The lowest BCUT2D eigenvalue weighted by atomic mass is 10.0. The number of rotatable bonds is 4. The first kappa shape index (κ1) is 16.6. The Morgan fingerprint density at radius 1 is 1.00 bits per heavy atom. The summed E-state index contributed by atoms with van der Waals surface area (Å²) in [5.74, 6) is 1.55. The fourth-order valence-electron chi connectivity index (χ4n) is 2.45. The Morgan fingerprint density at radius 2 is 1.67 bits per heavy atom. The minimum absolute atomic E-state index is 0.426. The molecule has 3 rings (SSSR count). The van der Waals surface area contributed by atoms with Gasteiger partial charge in [-0.3, -0.25) is 0 Å². The third-order valence-corrected chi connectivity index (χ3v) is 4.42. The molecular weight excluding hydrogens is 349 g/mol. The highest BCUT2D eigenvalue weighted by Crippen LogP contribution is 2.46. The number of hydrogen-bond acceptors (Lipinski definition) is 5. The maximum atomic E-state index is 6.47. The summed E-state index contributed by atoms with van der Waals surface area (Å²) in [6, 6.07) is 7.39. The van der Waals surface area contributed by atoms with Crippen molar-refractivity contribution < 1.29 is 9.47 Å². The number of anilines is 1. The first-order valence-electron chi connectivity index (χ1n) is 7.14. The van der Waals surface area contributed by atoms with Gasteiger partial charge in [0.15, 0.2) is 0 Å². The molecule has 1 heterocycles. The molecule has 0 amide bonds. The molecule has 0 bridgehead atoms. The van der Waals surface area contributed by atoms with Gasteiger partial charge in [0.25, 0.3) is 0 Å². The van der Waals surface area contributed by atoms with E-state index in [1.54, 1.807) is 33.5 Å². The molecule has 0 unspecified atom stereocenters. The Hall–Kier alpha value is -2.24. The van der Waals surface area contributed by atoms with Crippen LogP contribution in [0.2, 0.25) is 10.0 Å². The van der Waals surface area contributed by atoms with Crippen molar-refractivity contribution in [3.8, 4) is 22.6 Å². The van der Waals surface area contributed by atoms with Crippen molar-refractivity contribution in [2.45, 2.75) is 0 Å². The maximum Gasteiger partial charge on any atom is 0.222 e. The topological polar surface area (TPSA) is 56.3 Å². The van der Waals surface area contributed by atoms with Crippen LogP contribution in [0.4, 0.5) is 5.95 Å². The minimum atomic E-state index is 0.426. The minimum Gasteiger partial charge on any atom is -0.495 e. The zero-order valence-electron chi connectivity index (χ0n) is 13.4. The fraction of sp³-hybridized carbons (Fsp3) is 0.176. The number of nitrogens with zero attached hydrogens (tertiary/aromatic N) is 2. The van der Waals surface area contributed by atoms with Crippen LogP contribution in [0.15, 0.2) is 30.5 Å². The van der Waals surface area contributed by atoms with Crippen LogP contribution >= 0.6 is 23.2 Å². The number of aromatic nitrogens is 2. The van der Waals surface area contributed by atoms with E-state index in [0.29, 0.717) is 33.1 Å². The molecule has 0 aliphatic rings. The van der Waals surface area contributed by atoms with Gasteiger partial charge in [0, 0.05) is 30.3 Å². The standard InChI is InChI=1S/C17H15Cl2N3O2/c1-20-17-21-8-10-6-9(4-5-11(10)22-17)14-15(18)12(23-2)7-13(24-3)16(14)19/h4-8H,1-3H3,(H,20,21,22). The van der Waals surface area contributed by atoms with Crippen molar-refractivity contribution in [3.63, 3.8) is 0 Å². The molecule has 0 radical (unpaired) electrons. The molecule has 3 aromatic rings. The summed E-state index contributed by atoms with van der Waals surface area (Å²) in [4.78, 5) is 8.64. The highest BCUT2D eigenvalue weighted by molar-refractivity contribution is 6.41. The zero-order chi connectivity index (χ0) is 17.3. The molecule has 1 aromatic heterocycles. The molecule has 0 spiro atoms. The lowest BCUT2D eigenvalue weighted by Gasteiger charge is -2.15. The first-order valence-corrected chi connectivity index (χ1v) is 7.89. The summed E-state index contributed by atoms with van der Waals surface area (Å²) in [7, 11) is 4.87. The van der Waals surface area contributed by atoms with Gasteiger partial charge in [-0.1, -0.05) is 29.3 Å². The smallest absolute Gasteiger partial charge is 0.222 e. The van der Waals surface area contributed by atoms with Gasteiger partial charge in [0.1, 0.15) is 11.5 Å². The molecular formula is C17H15Cl2N3O2. The van der Waals surface area contributed by atoms with Crippen molar-refractivity contribution in [1.29, 1.82) is 0 Å². The first-order chi connectivity index (χ1) is 11.6. The number of fused-ring (bicyclic) bond motifs is 1. The summed E-state index contributed by atoms with van der Waals surface area (Å²) in [5.41, 5.74) is 2.30. The van der Waals surface area contributed by atoms with E-state index in [1.165, 1.54) is 0 Å². The molecule has 0 fully saturated rings. The van der Waals surface area contributed by atoms with Gasteiger partial charge in [-0.25, -0.2) is 9.97 Å². The second kappa shape index (κ2) is 6.71. The van der Waals surface area contributed by atoms with Crippen LogP contribution in [0.3, 0.4) is 0 Å². The Kier molecular flexibility index (Phi) is 4.64. The van der Waals surface area contributed by atoms with E-state index in [1.807, 2.05) is 18.2 Å². The number of nitrogens with one attached hydrogen (secondary N) is 1. The summed E-state index contributed by atoms with van der Waals surface area (Å²) >= 11 is 12.9. The lowest BCUT2D eigenvalue weighted by molar-refractivity contribution is 0.395. The van der Waals surface area contributed by atoms with E-state index >= 15 is 0 Å². The number of hydrogen-bond donors (Lipinski definition) is 1. The molecule has 1 N–H and O–H groups in total. The molecule has 2 aromatic carbocycles. The molecule has 5 nitrogen and oxygen atoms in total. The van der Waals surface area contributed by atoms with Crippen molar-refractivity contribution in [1.82, 2.24) is 9.97 Å². The number of methoxy groups -OCH3 is 2. The van der Waals surface area contributed by atoms with Crippen LogP contribution < -0.4 is 14.8 Å². The van der Waals surface area contributed by atoms with Crippen LogP contribution in [-0.4, -0.2) is 31.2 Å². The van der Waals surface area contributed by atoms with E-state index in [4.69, 9.17) is 32.7 Å². The lowest BCUT2D eigenvalue weighted by Crippen LogP contribution is -1.96. The summed E-state index contributed by atoms with van der Waals surface area (Å²) in [6.45, 7) is 0. The van der Waals surface area contributed by atoms with Gasteiger partial charge < -0.3 is 14.8 Å². The van der Waals surface area contributed by atoms with E-state index in [0.717, 1.165) is 16.5 Å². The van der Waals surface area contributed by atoms with E-state index < -0.39 is 0 Å². The highest BCUT2D eigenvalue weighted by Gasteiger charge is 2.19. The van der Waals surface area contributed by atoms with Crippen molar-refractivity contribution in [2.24, 2.45) is 0 Å². The van der Waals surface area contributed by atoms with Crippen molar-refractivity contribution >= 4 is 40.1 Å². The van der Waals surface area contributed by atoms with Gasteiger partial charge in [0.2, 0.25) is 5.95 Å². The number of benzene rings is 2. The summed E-state index contributed by atoms with van der Waals surface area (Å²) in [5, 5.41) is 4.64. The molecule has 24 heavy (non-hydrogen) atoms. The van der Waals surface area contributed by atoms with Gasteiger partial charge in [0.05, 0.1) is 29.8 Å². The van der Waals surface area contributed by atoms with Gasteiger partial charge in [-0.05, 0) is 17.7 Å². The monoisotopic (exact) mass is 363 g/mol. The van der Waals surface area contributed by atoms with Crippen LogP contribution in [-0.2, 0) is 0 Å². The Bertz CT molecular complexity index is 888. The average molecular weight is 364 g/mol. The second-order valence-corrected chi connectivity index (χ2v) is 5.76. The molecule has 124 valence electrons. The maximum absolute atomic E-state index is 6.47. The van der Waals surface area contributed by atoms with Crippen molar-refractivity contribution in [2.75, 3.05) is 26.6 Å². The molecule has 0 aliphatic carbocycles. The second-order valence-electron chi connectivity index (χ2n) is 5.00. The molecule has 0 aliphatic heterocycles. The number of ether oxygens (including phenoxy) is 2. The van der Waals surface area contributed by atoms with Crippen LogP contribution in [0.1, 0.15) is 0 Å². The van der Waals surface area contributed by atoms with Crippen LogP contribution in [0.25, 0.3) is 22.0 Å². The number of halogens is 2. The third-order valence-electron chi connectivity index (χ3n) is 3.67. The molecule has 7 heteroatoms.